The van der Waals surface area contributed by atoms with Crippen molar-refractivity contribution < 1.29 is 13.2 Å². The molecule has 0 aliphatic heterocycles. The van der Waals surface area contributed by atoms with E-state index in [-0.39, 0.29) is 22.2 Å². The van der Waals surface area contributed by atoms with Crippen molar-refractivity contribution in [3.8, 4) is 0 Å². The number of carbonyl (C=O) groups is 1. The van der Waals surface area contributed by atoms with E-state index in [1.807, 2.05) is 13.8 Å². The number of amides is 1. The zero-order chi connectivity index (χ0) is 14.6. The summed E-state index contributed by atoms with van der Waals surface area (Å²) in [7, 11) is -3.23. The zero-order valence-corrected chi connectivity index (χ0v) is 12.8. The standard InChI is InChI=1S/C13H18ClNO3S/c1-9(14)8-10(2)15-13(16)11-4-6-12(7-5-11)19(3,17)18/h4-7,9-10H,8H2,1-3H3,(H,15,16). The van der Waals surface area contributed by atoms with Gasteiger partial charge in [-0.3, -0.25) is 4.79 Å². The molecule has 1 rings (SSSR count). The number of benzene rings is 1. The van der Waals surface area contributed by atoms with E-state index in [9.17, 15) is 13.2 Å². The SMILES string of the molecule is CC(Cl)CC(C)NC(=O)c1ccc(S(C)(=O)=O)cc1. The summed E-state index contributed by atoms with van der Waals surface area (Å²) >= 11 is 5.86. The van der Waals surface area contributed by atoms with Crippen LogP contribution in [0.4, 0.5) is 0 Å². The summed E-state index contributed by atoms with van der Waals surface area (Å²) in [4.78, 5) is 12.1. The summed E-state index contributed by atoms with van der Waals surface area (Å²) in [5.74, 6) is -0.232. The highest BCUT2D eigenvalue weighted by molar-refractivity contribution is 7.90. The number of alkyl halides is 1. The maximum Gasteiger partial charge on any atom is 0.251 e. The molecule has 2 atom stereocenters. The molecular formula is C13H18ClNO3S. The maximum absolute atomic E-state index is 11.9. The molecule has 6 heteroatoms. The Morgan fingerprint density at radius 2 is 1.79 bits per heavy atom. The van der Waals surface area contributed by atoms with E-state index in [1.165, 1.54) is 24.3 Å². The zero-order valence-electron chi connectivity index (χ0n) is 11.2. The molecule has 0 heterocycles. The molecule has 0 saturated heterocycles. The third kappa shape index (κ3) is 5.20. The second-order valence-corrected chi connectivity index (χ2v) is 7.45. The van der Waals surface area contributed by atoms with Crippen LogP contribution < -0.4 is 5.32 Å². The molecule has 0 aromatic heterocycles. The molecule has 0 bridgehead atoms. The Balaban J connectivity index is 2.74. The van der Waals surface area contributed by atoms with Gasteiger partial charge in [0.25, 0.3) is 5.91 Å². The Morgan fingerprint density at radius 3 is 2.21 bits per heavy atom. The van der Waals surface area contributed by atoms with E-state index in [1.54, 1.807) is 0 Å². The molecule has 1 aromatic rings. The van der Waals surface area contributed by atoms with Crippen LogP contribution in [0.25, 0.3) is 0 Å². The van der Waals surface area contributed by atoms with E-state index in [0.717, 1.165) is 6.26 Å². The first-order chi connectivity index (χ1) is 8.70. The maximum atomic E-state index is 11.9. The summed E-state index contributed by atoms with van der Waals surface area (Å²) in [6.07, 6.45) is 1.81. The van der Waals surface area contributed by atoms with Crippen LogP contribution in [0.15, 0.2) is 29.2 Å². The second kappa shape index (κ2) is 6.39. The molecule has 0 aliphatic rings. The lowest BCUT2D eigenvalue weighted by molar-refractivity contribution is 0.0938. The minimum atomic E-state index is -3.23. The van der Waals surface area contributed by atoms with Crippen molar-refractivity contribution in [3.63, 3.8) is 0 Å². The molecule has 2 unspecified atom stereocenters. The fourth-order valence-corrected chi connectivity index (χ4v) is 2.60. The molecule has 0 saturated carbocycles. The summed E-state index contributed by atoms with van der Waals surface area (Å²) in [6, 6.07) is 5.83. The first-order valence-corrected chi connectivity index (χ1v) is 8.28. The van der Waals surface area contributed by atoms with Gasteiger partial charge < -0.3 is 5.32 Å². The van der Waals surface area contributed by atoms with Crippen LogP contribution in [0.1, 0.15) is 30.6 Å². The molecule has 0 radical (unpaired) electrons. The third-order valence-electron chi connectivity index (χ3n) is 2.60. The average Bonchev–Trinajstić information content (AvgIpc) is 2.26. The summed E-state index contributed by atoms with van der Waals surface area (Å²) in [5.41, 5.74) is 0.432. The lowest BCUT2D eigenvalue weighted by Gasteiger charge is -2.15. The summed E-state index contributed by atoms with van der Waals surface area (Å²) < 4.78 is 22.6. The number of hydrogen-bond acceptors (Lipinski definition) is 3. The third-order valence-corrected chi connectivity index (χ3v) is 3.91. The molecule has 19 heavy (non-hydrogen) atoms. The van der Waals surface area contributed by atoms with Crippen molar-refractivity contribution in [2.24, 2.45) is 0 Å². The topological polar surface area (TPSA) is 63.2 Å². The van der Waals surface area contributed by atoms with Gasteiger partial charge in [-0.1, -0.05) is 0 Å². The Hall–Kier alpha value is -1.07. The van der Waals surface area contributed by atoms with Crippen LogP contribution in [-0.4, -0.2) is 32.0 Å². The minimum absolute atomic E-state index is 0.0112. The lowest BCUT2D eigenvalue weighted by Crippen LogP contribution is -2.33. The lowest BCUT2D eigenvalue weighted by atomic mass is 10.1. The van der Waals surface area contributed by atoms with E-state index in [4.69, 9.17) is 11.6 Å². The van der Waals surface area contributed by atoms with Gasteiger partial charge >= 0.3 is 0 Å². The van der Waals surface area contributed by atoms with Crippen LogP contribution in [-0.2, 0) is 9.84 Å². The van der Waals surface area contributed by atoms with Crippen molar-refractivity contribution in [2.75, 3.05) is 6.26 Å². The first kappa shape index (κ1) is 16.0. The molecule has 0 aliphatic carbocycles. The van der Waals surface area contributed by atoms with Crippen LogP contribution in [0.3, 0.4) is 0 Å². The molecule has 0 fully saturated rings. The van der Waals surface area contributed by atoms with Gasteiger partial charge in [-0.2, -0.15) is 0 Å². The number of rotatable bonds is 5. The van der Waals surface area contributed by atoms with E-state index in [2.05, 4.69) is 5.32 Å². The normalized spacial score (nSPS) is 14.7. The second-order valence-electron chi connectivity index (χ2n) is 4.69. The van der Waals surface area contributed by atoms with Crippen molar-refractivity contribution >= 4 is 27.3 Å². The van der Waals surface area contributed by atoms with Crippen LogP contribution >= 0.6 is 11.6 Å². The van der Waals surface area contributed by atoms with Gasteiger partial charge in [-0.05, 0) is 44.5 Å². The van der Waals surface area contributed by atoms with E-state index in [0.29, 0.717) is 12.0 Å². The van der Waals surface area contributed by atoms with Crippen LogP contribution in [0.5, 0.6) is 0 Å². The van der Waals surface area contributed by atoms with Crippen molar-refractivity contribution in [1.29, 1.82) is 0 Å². The van der Waals surface area contributed by atoms with Gasteiger partial charge in [0.05, 0.1) is 4.90 Å². The Morgan fingerprint density at radius 1 is 1.26 bits per heavy atom. The fourth-order valence-electron chi connectivity index (χ4n) is 1.71. The van der Waals surface area contributed by atoms with Crippen molar-refractivity contribution in [1.82, 2.24) is 5.32 Å². The minimum Gasteiger partial charge on any atom is -0.350 e. The first-order valence-electron chi connectivity index (χ1n) is 5.95. The number of nitrogens with one attached hydrogen (secondary N) is 1. The van der Waals surface area contributed by atoms with Crippen LogP contribution in [0.2, 0.25) is 0 Å². The highest BCUT2D eigenvalue weighted by atomic mass is 35.5. The van der Waals surface area contributed by atoms with Crippen molar-refractivity contribution in [3.05, 3.63) is 29.8 Å². The molecule has 1 N–H and O–H groups in total. The number of sulfone groups is 1. The number of hydrogen-bond donors (Lipinski definition) is 1. The van der Waals surface area contributed by atoms with E-state index >= 15 is 0 Å². The Labute approximate surface area is 119 Å². The Kier molecular flexibility index (Phi) is 5.38. The summed E-state index contributed by atoms with van der Waals surface area (Å²) in [5, 5.41) is 2.80. The molecule has 1 aromatic carbocycles. The van der Waals surface area contributed by atoms with Crippen molar-refractivity contribution in [2.45, 2.75) is 36.6 Å². The predicted molar refractivity (Wildman–Crippen MR) is 76.4 cm³/mol. The predicted octanol–water partition coefficient (Wildman–Crippen LogP) is 2.23. The smallest absolute Gasteiger partial charge is 0.251 e. The molecule has 106 valence electrons. The quantitative estimate of drug-likeness (QED) is 0.848. The van der Waals surface area contributed by atoms with Gasteiger partial charge in [0.15, 0.2) is 9.84 Å². The van der Waals surface area contributed by atoms with Gasteiger partial charge in [0.2, 0.25) is 0 Å². The average molecular weight is 304 g/mol. The monoisotopic (exact) mass is 303 g/mol. The number of carbonyl (C=O) groups excluding carboxylic acids is 1. The number of halogens is 1. The molecular weight excluding hydrogens is 286 g/mol. The molecule has 1 amide bonds. The molecule has 4 nitrogen and oxygen atoms in total. The Bertz CT molecular complexity index is 538. The van der Waals surface area contributed by atoms with E-state index < -0.39 is 9.84 Å². The highest BCUT2D eigenvalue weighted by Crippen LogP contribution is 2.11. The van der Waals surface area contributed by atoms with Gasteiger partial charge in [-0.15, -0.1) is 11.6 Å². The fraction of sp³-hybridized carbons (Fsp3) is 0.462. The largest absolute Gasteiger partial charge is 0.350 e. The molecule has 0 spiro atoms. The van der Waals surface area contributed by atoms with Gasteiger partial charge in [-0.25, -0.2) is 8.42 Å². The highest BCUT2D eigenvalue weighted by Gasteiger charge is 2.13. The van der Waals surface area contributed by atoms with Gasteiger partial charge in [0, 0.05) is 23.2 Å². The summed E-state index contributed by atoms with van der Waals surface area (Å²) in [6.45, 7) is 3.74. The van der Waals surface area contributed by atoms with Crippen LogP contribution in [0, 0.1) is 0 Å². The van der Waals surface area contributed by atoms with Gasteiger partial charge in [0.1, 0.15) is 0 Å².